The van der Waals surface area contributed by atoms with Crippen LogP contribution in [0.1, 0.15) is 18.2 Å². The minimum absolute atomic E-state index is 0.153. The van der Waals surface area contributed by atoms with Crippen LogP contribution in [-0.2, 0) is 13.0 Å². The van der Waals surface area contributed by atoms with E-state index in [-0.39, 0.29) is 6.04 Å². The van der Waals surface area contributed by atoms with Gasteiger partial charge in [-0.05, 0) is 25.1 Å². The van der Waals surface area contributed by atoms with Crippen molar-refractivity contribution in [1.82, 2.24) is 5.32 Å². The summed E-state index contributed by atoms with van der Waals surface area (Å²) in [7, 11) is 0. The van der Waals surface area contributed by atoms with Gasteiger partial charge in [0.25, 0.3) is 0 Å². The lowest BCUT2D eigenvalue weighted by molar-refractivity contribution is 0.452. The standard InChI is InChI=1S/C14H15F2NO/c1-10(7-13-3-2-6-18-13)17-9-11-4-5-12(15)8-14(11)16/h2-6,8,10,17H,7,9H2,1H3. The van der Waals surface area contributed by atoms with Crippen LogP contribution in [0.2, 0.25) is 0 Å². The predicted molar refractivity (Wildman–Crippen MR) is 65.1 cm³/mol. The van der Waals surface area contributed by atoms with E-state index in [0.717, 1.165) is 18.2 Å². The lowest BCUT2D eigenvalue weighted by Gasteiger charge is -2.12. The molecular weight excluding hydrogens is 236 g/mol. The van der Waals surface area contributed by atoms with Crippen molar-refractivity contribution in [3.63, 3.8) is 0 Å². The molecule has 0 saturated carbocycles. The van der Waals surface area contributed by atoms with Crippen molar-refractivity contribution in [3.8, 4) is 0 Å². The summed E-state index contributed by atoms with van der Waals surface area (Å²) in [5, 5.41) is 3.18. The normalized spacial score (nSPS) is 12.6. The van der Waals surface area contributed by atoms with Gasteiger partial charge in [-0.25, -0.2) is 8.78 Å². The molecule has 18 heavy (non-hydrogen) atoms. The van der Waals surface area contributed by atoms with Crippen LogP contribution in [0.4, 0.5) is 8.78 Å². The van der Waals surface area contributed by atoms with Gasteiger partial charge in [0.1, 0.15) is 17.4 Å². The fourth-order valence-corrected chi connectivity index (χ4v) is 1.75. The SMILES string of the molecule is CC(Cc1ccco1)NCc1ccc(F)cc1F. The van der Waals surface area contributed by atoms with Crippen molar-refractivity contribution < 1.29 is 13.2 Å². The molecule has 0 aliphatic rings. The average molecular weight is 251 g/mol. The number of hydrogen-bond acceptors (Lipinski definition) is 2. The summed E-state index contributed by atoms with van der Waals surface area (Å²) in [6.07, 6.45) is 2.36. The number of rotatable bonds is 5. The molecular formula is C14H15F2NO. The zero-order chi connectivity index (χ0) is 13.0. The second kappa shape index (κ2) is 5.78. The summed E-state index contributed by atoms with van der Waals surface area (Å²) in [6.45, 7) is 2.36. The van der Waals surface area contributed by atoms with Crippen LogP contribution in [0.3, 0.4) is 0 Å². The molecule has 2 rings (SSSR count). The molecule has 1 aromatic carbocycles. The van der Waals surface area contributed by atoms with Gasteiger partial charge in [-0.3, -0.25) is 0 Å². The van der Waals surface area contributed by atoms with Gasteiger partial charge in [0.05, 0.1) is 6.26 Å². The van der Waals surface area contributed by atoms with Crippen LogP contribution < -0.4 is 5.32 Å². The molecule has 1 N–H and O–H groups in total. The van der Waals surface area contributed by atoms with Crippen LogP contribution in [0.5, 0.6) is 0 Å². The predicted octanol–water partition coefficient (Wildman–Crippen LogP) is 3.28. The molecule has 0 bridgehead atoms. The number of benzene rings is 1. The Hall–Kier alpha value is -1.68. The highest BCUT2D eigenvalue weighted by molar-refractivity contribution is 5.18. The van der Waals surface area contributed by atoms with Gasteiger partial charge >= 0.3 is 0 Å². The molecule has 2 aromatic rings. The summed E-state index contributed by atoms with van der Waals surface area (Å²) in [5.74, 6) is -0.192. The Morgan fingerprint density at radius 3 is 2.78 bits per heavy atom. The Kier molecular flexibility index (Phi) is 4.10. The van der Waals surface area contributed by atoms with Crippen molar-refractivity contribution >= 4 is 0 Å². The van der Waals surface area contributed by atoms with E-state index in [0.29, 0.717) is 12.1 Å². The van der Waals surface area contributed by atoms with Gasteiger partial charge in [0.2, 0.25) is 0 Å². The van der Waals surface area contributed by atoms with Gasteiger partial charge in [0, 0.05) is 30.6 Å². The van der Waals surface area contributed by atoms with Crippen molar-refractivity contribution in [2.24, 2.45) is 0 Å². The highest BCUT2D eigenvalue weighted by Crippen LogP contribution is 2.10. The van der Waals surface area contributed by atoms with E-state index in [1.54, 1.807) is 6.26 Å². The van der Waals surface area contributed by atoms with Crippen molar-refractivity contribution in [2.75, 3.05) is 0 Å². The van der Waals surface area contributed by atoms with Crippen LogP contribution in [0, 0.1) is 11.6 Å². The second-order valence-electron chi connectivity index (χ2n) is 4.30. The summed E-state index contributed by atoms with van der Waals surface area (Å²) < 4.78 is 31.3. The molecule has 0 fully saturated rings. The molecule has 4 heteroatoms. The highest BCUT2D eigenvalue weighted by Gasteiger charge is 2.08. The molecule has 1 unspecified atom stereocenters. The summed E-state index contributed by atoms with van der Waals surface area (Å²) in [6, 6.07) is 7.50. The van der Waals surface area contributed by atoms with Gasteiger partial charge < -0.3 is 9.73 Å². The molecule has 96 valence electrons. The largest absolute Gasteiger partial charge is 0.469 e. The first-order chi connectivity index (χ1) is 8.65. The van der Waals surface area contributed by atoms with Crippen LogP contribution in [0.15, 0.2) is 41.0 Å². The summed E-state index contributed by atoms with van der Waals surface area (Å²) >= 11 is 0. The van der Waals surface area contributed by atoms with Crippen molar-refractivity contribution in [3.05, 3.63) is 59.6 Å². The summed E-state index contributed by atoms with van der Waals surface area (Å²) in [4.78, 5) is 0. The Labute approximate surface area is 105 Å². The van der Waals surface area contributed by atoms with E-state index >= 15 is 0 Å². The summed E-state index contributed by atoms with van der Waals surface area (Å²) in [5.41, 5.74) is 0.461. The molecule has 1 atom stereocenters. The first-order valence-corrected chi connectivity index (χ1v) is 5.85. The van der Waals surface area contributed by atoms with Crippen LogP contribution >= 0.6 is 0 Å². The van der Waals surface area contributed by atoms with Crippen LogP contribution in [0.25, 0.3) is 0 Å². The maximum absolute atomic E-state index is 13.4. The van der Waals surface area contributed by atoms with E-state index in [1.807, 2.05) is 19.1 Å². The fourth-order valence-electron chi connectivity index (χ4n) is 1.75. The molecule has 0 saturated heterocycles. The van der Waals surface area contributed by atoms with E-state index in [2.05, 4.69) is 5.32 Å². The minimum atomic E-state index is -0.556. The molecule has 1 heterocycles. The molecule has 2 nitrogen and oxygen atoms in total. The third-order valence-electron chi connectivity index (χ3n) is 2.74. The second-order valence-corrected chi connectivity index (χ2v) is 4.30. The zero-order valence-corrected chi connectivity index (χ0v) is 10.1. The van der Waals surface area contributed by atoms with Gasteiger partial charge in [-0.1, -0.05) is 6.07 Å². The van der Waals surface area contributed by atoms with E-state index < -0.39 is 11.6 Å². The number of halogens is 2. The molecule has 0 amide bonds. The highest BCUT2D eigenvalue weighted by atomic mass is 19.1. The van der Waals surface area contributed by atoms with E-state index in [1.165, 1.54) is 12.1 Å². The Bertz CT molecular complexity index is 497. The smallest absolute Gasteiger partial charge is 0.130 e. The van der Waals surface area contributed by atoms with Crippen LogP contribution in [-0.4, -0.2) is 6.04 Å². The lowest BCUT2D eigenvalue weighted by atomic mass is 10.1. The first kappa shape index (κ1) is 12.8. The van der Waals surface area contributed by atoms with Gasteiger partial charge in [-0.15, -0.1) is 0 Å². The lowest BCUT2D eigenvalue weighted by Crippen LogP contribution is -2.27. The van der Waals surface area contributed by atoms with E-state index in [9.17, 15) is 8.78 Å². The third kappa shape index (κ3) is 3.40. The van der Waals surface area contributed by atoms with Crippen molar-refractivity contribution in [1.29, 1.82) is 0 Å². The molecule has 0 aliphatic heterocycles. The first-order valence-electron chi connectivity index (χ1n) is 5.85. The van der Waals surface area contributed by atoms with E-state index in [4.69, 9.17) is 4.42 Å². The Morgan fingerprint density at radius 2 is 2.11 bits per heavy atom. The monoisotopic (exact) mass is 251 g/mol. The topological polar surface area (TPSA) is 25.2 Å². The number of nitrogens with one attached hydrogen (secondary N) is 1. The van der Waals surface area contributed by atoms with Gasteiger partial charge in [0.15, 0.2) is 0 Å². The number of hydrogen-bond donors (Lipinski definition) is 1. The Morgan fingerprint density at radius 1 is 1.28 bits per heavy atom. The third-order valence-corrected chi connectivity index (χ3v) is 2.74. The maximum Gasteiger partial charge on any atom is 0.130 e. The quantitative estimate of drug-likeness (QED) is 0.882. The van der Waals surface area contributed by atoms with Crippen molar-refractivity contribution in [2.45, 2.75) is 25.9 Å². The fraction of sp³-hybridized carbons (Fsp3) is 0.286. The average Bonchev–Trinajstić information content (AvgIpc) is 2.80. The number of furan rings is 1. The zero-order valence-electron chi connectivity index (χ0n) is 10.1. The minimum Gasteiger partial charge on any atom is -0.469 e. The molecule has 0 radical (unpaired) electrons. The molecule has 1 aromatic heterocycles. The maximum atomic E-state index is 13.4. The Balaban J connectivity index is 1.87. The molecule has 0 spiro atoms. The van der Waals surface area contributed by atoms with Gasteiger partial charge in [-0.2, -0.15) is 0 Å². The molecule has 0 aliphatic carbocycles.